The molecule has 6 heteroatoms. The second kappa shape index (κ2) is 7.67. The number of carbonyl (C=O) groups excluding carboxylic acids is 1. The zero-order valence-electron chi connectivity index (χ0n) is 13.7. The van der Waals surface area contributed by atoms with Crippen LogP contribution in [0.3, 0.4) is 0 Å². The summed E-state index contributed by atoms with van der Waals surface area (Å²) in [6.45, 7) is 4.96. The topological polar surface area (TPSA) is 69.6 Å². The van der Waals surface area contributed by atoms with Crippen LogP contribution in [0.1, 0.15) is 26.7 Å². The molecule has 2 aromatic rings. The Balaban J connectivity index is 2.40. The molecule has 1 heterocycles. The van der Waals surface area contributed by atoms with E-state index in [2.05, 4.69) is 5.32 Å². The third-order valence-electron chi connectivity index (χ3n) is 3.60. The summed E-state index contributed by atoms with van der Waals surface area (Å²) in [6, 6.07) is 5.12. The van der Waals surface area contributed by atoms with Crippen molar-refractivity contribution in [1.29, 1.82) is 0 Å². The van der Waals surface area contributed by atoms with Crippen molar-refractivity contribution in [2.45, 2.75) is 33.2 Å². The highest BCUT2D eigenvalue weighted by molar-refractivity contribution is 5.90. The number of rotatable bonds is 6. The van der Waals surface area contributed by atoms with E-state index in [1.54, 1.807) is 31.5 Å². The van der Waals surface area contributed by atoms with E-state index in [9.17, 15) is 9.59 Å². The van der Waals surface area contributed by atoms with Gasteiger partial charge in [-0.25, -0.2) is 4.79 Å². The highest BCUT2D eigenvalue weighted by Crippen LogP contribution is 2.26. The predicted octanol–water partition coefficient (Wildman–Crippen LogP) is 2.92. The van der Waals surface area contributed by atoms with Crippen molar-refractivity contribution in [2.24, 2.45) is 0 Å². The van der Waals surface area contributed by atoms with Crippen LogP contribution in [0, 0.1) is 0 Å². The smallest absolute Gasteiger partial charge is 0.412 e. The molecule has 124 valence electrons. The van der Waals surface area contributed by atoms with Crippen molar-refractivity contribution < 1.29 is 14.3 Å². The van der Waals surface area contributed by atoms with Gasteiger partial charge in [-0.15, -0.1) is 0 Å². The lowest BCUT2D eigenvalue weighted by molar-refractivity contribution is 0.200. The molecule has 0 saturated carbocycles. The first-order valence-electron chi connectivity index (χ1n) is 7.77. The second-order valence-corrected chi connectivity index (χ2v) is 5.17. The predicted molar refractivity (Wildman–Crippen MR) is 89.4 cm³/mol. The lowest BCUT2D eigenvalue weighted by Gasteiger charge is -2.12. The van der Waals surface area contributed by atoms with Crippen LogP contribution in [-0.2, 0) is 6.54 Å². The number of fused-ring (bicyclic) bond motifs is 1. The number of amides is 1. The number of aromatic nitrogens is 1. The van der Waals surface area contributed by atoms with Gasteiger partial charge in [0.05, 0.1) is 18.7 Å². The van der Waals surface area contributed by atoms with Gasteiger partial charge < -0.3 is 19.4 Å². The molecule has 6 nitrogen and oxygen atoms in total. The average Bonchev–Trinajstić information content (AvgIpc) is 2.57. The monoisotopic (exact) mass is 318 g/mol. The SMILES string of the molecule is CCCCNC(=O)Oc1cn(CC)c(=O)c2cc(OC)ccc12. The zero-order valence-corrected chi connectivity index (χ0v) is 13.7. The number of methoxy groups -OCH3 is 1. The zero-order chi connectivity index (χ0) is 16.8. The fourth-order valence-electron chi connectivity index (χ4n) is 2.29. The molecule has 1 amide bonds. The number of hydrogen-bond donors (Lipinski definition) is 1. The molecule has 0 unspecified atom stereocenters. The number of pyridine rings is 1. The summed E-state index contributed by atoms with van der Waals surface area (Å²) in [5.74, 6) is 0.944. The molecule has 0 atom stereocenters. The number of benzene rings is 1. The molecule has 0 saturated heterocycles. The van der Waals surface area contributed by atoms with E-state index in [4.69, 9.17) is 9.47 Å². The van der Waals surface area contributed by atoms with Crippen LogP contribution in [0.15, 0.2) is 29.2 Å². The lowest BCUT2D eigenvalue weighted by Crippen LogP contribution is -2.28. The standard InChI is InChI=1S/C17H22N2O4/c1-4-6-9-18-17(21)23-15-11-19(5-2)16(20)14-10-12(22-3)7-8-13(14)15/h7-8,10-11H,4-6,9H2,1-3H3,(H,18,21). The first-order chi connectivity index (χ1) is 11.1. The van der Waals surface area contributed by atoms with Crippen LogP contribution in [0.2, 0.25) is 0 Å². The number of aryl methyl sites for hydroxylation is 1. The van der Waals surface area contributed by atoms with Crippen molar-refractivity contribution in [1.82, 2.24) is 9.88 Å². The largest absolute Gasteiger partial charge is 0.497 e. The van der Waals surface area contributed by atoms with Gasteiger partial charge in [-0.1, -0.05) is 13.3 Å². The van der Waals surface area contributed by atoms with Crippen molar-refractivity contribution >= 4 is 16.9 Å². The molecule has 1 aromatic carbocycles. The fourth-order valence-corrected chi connectivity index (χ4v) is 2.29. The van der Waals surface area contributed by atoms with E-state index in [0.29, 0.717) is 35.4 Å². The molecule has 2 rings (SSSR count). The van der Waals surface area contributed by atoms with Gasteiger partial charge in [0.2, 0.25) is 0 Å². The Hall–Kier alpha value is -2.50. The van der Waals surface area contributed by atoms with Crippen molar-refractivity contribution in [3.8, 4) is 11.5 Å². The van der Waals surface area contributed by atoms with Gasteiger partial charge in [-0.3, -0.25) is 4.79 Å². The molecule has 0 aliphatic carbocycles. The molecule has 0 spiro atoms. The third kappa shape index (κ3) is 3.83. The molecule has 0 aliphatic rings. The number of ether oxygens (including phenoxy) is 2. The Morgan fingerprint density at radius 2 is 2.04 bits per heavy atom. The minimum atomic E-state index is -0.517. The lowest BCUT2D eigenvalue weighted by atomic mass is 10.1. The van der Waals surface area contributed by atoms with Crippen LogP contribution in [-0.4, -0.2) is 24.3 Å². The Kier molecular flexibility index (Phi) is 5.62. The Labute approximate surface area is 135 Å². The van der Waals surface area contributed by atoms with E-state index >= 15 is 0 Å². The summed E-state index contributed by atoms with van der Waals surface area (Å²) >= 11 is 0. The maximum absolute atomic E-state index is 12.4. The maximum Gasteiger partial charge on any atom is 0.412 e. The van der Waals surface area contributed by atoms with Crippen molar-refractivity contribution in [3.63, 3.8) is 0 Å². The van der Waals surface area contributed by atoms with Gasteiger partial charge in [0.1, 0.15) is 5.75 Å². The van der Waals surface area contributed by atoms with E-state index in [1.165, 1.54) is 4.57 Å². The number of hydrogen-bond acceptors (Lipinski definition) is 4. The molecule has 0 fully saturated rings. The van der Waals surface area contributed by atoms with Gasteiger partial charge in [0.25, 0.3) is 5.56 Å². The minimum Gasteiger partial charge on any atom is -0.497 e. The Bertz CT molecular complexity index is 752. The number of unbranched alkanes of at least 4 members (excludes halogenated alkanes) is 1. The van der Waals surface area contributed by atoms with Crippen LogP contribution in [0.5, 0.6) is 11.5 Å². The van der Waals surface area contributed by atoms with E-state index in [-0.39, 0.29) is 5.56 Å². The summed E-state index contributed by atoms with van der Waals surface area (Å²) in [4.78, 5) is 24.3. The van der Waals surface area contributed by atoms with Crippen LogP contribution in [0.25, 0.3) is 10.8 Å². The summed E-state index contributed by atoms with van der Waals surface area (Å²) in [5.41, 5.74) is -0.139. The quantitative estimate of drug-likeness (QED) is 0.831. The van der Waals surface area contributed by atoms with Gasteiger partial charge in [0, 0.05) is 18.5 Å². The summed E-state index contributed by atoms with van der Waals surface area (Å²) in [6.07, 6.45) is 2.93. The molecule has 0 bridgehead atoms. The second-order valence-electron chi connectivity index (χ2n) is 5.17. The maximum atomic E-state index is 12.4. The van der Waals surface area contributed by atoms with Gasteiger partial charge in [-0.2, -0.15) is 0 Å². The van der Waals surface area contributed by atoms with Gasteiger partial charge >= 0.3 is 6.09 Å². The first kappa shape index (κ1) is 16.9. The molecule has 1 aromatic heterocycles. The van der Waals surface area contributed by atoms with Crippen LogP contribution in [0.4, 0.5) is 4.79 Å². The molecule has 23 heavy (non-hydrogen) atoms. The fraction of sp³-hybridized carbons (Fsp3) is 0.412. The normalized spacial score (nSPS) is 10.6. The average molecular weight is 318 g/mol. The summed E-state index contributed by atoms with van der Waals surface area (Å²) in [5, 5.41) is 3.75. The molecule has 0 aliphatic heterocycles. The highest BCUT2D eigenvalue weighted by atomic mass is 16.6. The van der Waals surface area contributed by atoms with Gasteiger partial charge in [-0.05, 0) is 31.5 Å². The van der Waals surface area contributed by atoms with E-state index < -0.39 is 6.09 Å². The minimum absolute atomic E-state index is 0.139. The molecule has 1 N–H and O–H groups in total. The Morgan fingerprint density at radius 3 is 2.70 bits per heavy atom. The van der Waals surface area contributed by atoms with E-state index in [1.807, 2.05) is 13.8 Å². The molecule has 0 radical (unpaired) electrons. The number of carbonyl (C=O) groups is 1. The van der Waals surface area contributed by atoms with Gasteiger partial charge in [0.15, 0.2) is 5.75 Å². The molecular formula is C17H22N2O4. The van der Waals surface area contributed by atoms with Crippen molar-refractivity contribution in [3.05, 3.63) is 34.7 Å². The Morgan fingerprint density at radius 1 is 1.26 bits per heavy atom. The van der Waals surface area contributed by atoms with E-state index in [0.717, 1.165) is 12.8 Å². The van der Waals surface area contributed by atoms with Crippen LogP contribution >= 0.6 is 0 Å². The molecular weight excluding hydrogens is 296 g/mol. The first-order valence-corrected chi connectivity index (χ1v) is 7.77. The number of nitrogens with one attached hydrogen (secondary N) is 1. The third-order valence-corrected chi connectivity index (χ3v) is 3.60. The summed E-state index contributed by atoms with van der Waals surface area (Å²) < 4.78 is 12.1. The highest BCUT2D eigenvalue weighted by Gasteiger charge is 2.13. The summed E-state index contributed by atoms with van der Waals surface area (Å²) in [7, 11) is 1.54. The van der Waals surface area contributed by atoms with Crippen LogP contribution < -0.4 is 20.3 Å². The number of nitrogens with zero attached hydrogens (tertiary/aromatic N) is 1. The van der Waals surface area contributed by atoms with Crippen molar-refractivity contribution in [2.75, 3.05) is 13.7 Å².